The molecule has 2 aromatic carbocycles. The van der Waals surface area contributed by atoms with E-state index in [0.29, 0.717) is 22.8 Å². The summed E-state index contributed by atoms with van der Waals surface area (Å²) in [6.45, 7) is 0. The van der Waals surface area contributed by atoms with Crippen molar-refractivity contribution in [3.05, 3.63) is 77.8 Å². The van der Waals surface area contributed by atoms with Crippen LogP contribution < -0.4 is 5.32 Å². The molecule has 0 saturated carbocycles. The molecular formula is C18H13F2N3O. The third-order valence-corrected chi connectivity index (χ3v) is 4.14. The summed E-state index contributed by atoms with van der Waals surface area (Å²) in [4.78, 5) is 16.5. The molecule has 3 aromatic rings. The molecule has 0 fully saturated rings. The second kappa shape index (κ2) is 5.56. The van der Waals surface area contributed by atoms with Crippen LogP contribution in [-0.2, 0) is 4.79 Å². The summed E-state index contributed by atoms with van der Waals surface area (Å²) in [5.74, 6) is -1.00. The molecule has 0 spiro atoms. The fourth-order valence-electron chi connectivity index (χ4n) is 3.04. The Kier molecular flexibility index (Phi) is 3.37. The summed E-state index contributed by atoms with van der Waals surface area (Å²) < 4.78 is 29.3. The van der Waals surface area contributed by atoms with Gasteiger partial charge in [-0.15, -0.1) is 0 Å². The van der Waals surface area contributed by atoms with Crippen LogP contribution in [0.1, 0.15) is 23.6 Å². The van der Waals surface area contributed by atoms with E-state index in [-0.39, 0.29) is 24.0 Å². The number of carbonyl (C=O) groups is 1. The van der Waals surface area contributed by atoms with Gasteiger partial charge in [0.15, 0.2) is 0 Å². The van der Waals surface area contributed by atoms with E-state index >= 15 is 0 Å². The normalized spacial score (nSPS) is 16.6. The predicted octanol–water partition coefficient (Wildman–Crippen LogP) is 3.62. The van der Waals surface area contributed by atoms with Gasteiger partial charge in [0.1, 0.15) is 23.8 Å². The quantitative estimate of drug-likeness (QED) is 0.782. The number of benzene rings is 2. The highest BCUT2D eigenvalue weighted by Crippen LogP contribution is 2.38. The highest BCUT2D eigenvalue weighted by atomic mass is 19.1. The van der Waals surface area contributed by atoms with Crippen LogP contribution in [0.3, 0.4) is 0 Å². The minimum Gasteiger partial charge on any atom is -0.310 e. The van der Waals surface area contributed by atoms with Crippen LogP contribution in [0.4, 0.5) is 14.6 Å². The van der Waals surface area contributed by atoms with Gasteiger partial charge < -0.3 is 5.32 Å². The number of halogens is 2. The molecule has 1 amide bonds. The molecule has 0 saturated heterocycles. The van der Waals surface area contributed by atoms with Gasteiger partial charge in [-0.25, -0.2) is 13.8 Å². The molecule has 1 aliphatic heterocycles. The Morgan fingerprint density at radius 2 is 1.96 bits per heavy atom. The maximum atomic E-state index is 14.2. The van der Waals surface area contributed by atoms with Crippen molar-refractivity contribution in [2.75, 3.05) is 5.32 Å². The van der Waals surface area contributed by atoms with E-state index in [1.165, 1.54) is 24.5 Å². The van der Waals surface area contributed by atoms with Gasteiger partial charge in [0, 0.05) is 12.3 Å². The molecule has 4 rings (SSSR count). The van der Waals surface area contributed by atoms with Crippen molar-refractivity contribution in [1.29, 1.82) is 0 Å². The molecule has 1 aliphatic rings. The van der Waals surface area contributed by atoms with Crippen LogP contribution in [0, 0.1) is 11.6 Å². The van der Waals surface area contributed by atoms with Gasteiger partial charge in [0.05, 0.1) is 11.4 Å². The first-order valence-corrected chi connectivity index (χ1v) is 7.51. The van der Waals surface area contributed by atoms with Crippen LogP contribution in [0.25, 0.3) is 5.69 Å². The van der Waals surface area contributed by atoms with Gasteiger partial charge in [-0.2, -0.15) is 0 Å². The lowest BCUT2D eigenvalue weighted by atomic mass is 9.89. The Balaban J connectivity index is 1.85. The third kappa shape index (κ3) is 2.36. The minimum atomic E-state index is -0.468. The maximum absolute atomic E-state index is 14.2. The molecule has 24 heavy (non-hydrogen) atoms. The van der Waals surface area contributed by atoms with Crippen LogP contribution in [-0.4, -0.2) is 15.5 Å². The standard InChI is InChI=1S/C18H13F2N3O/c19-11-4-3-5-12(8-11)23-10-21-17-14(9-16(24)22-18(17)23)13-6-1-2-7-15(13)20/h1-8,10,14H,9H2,(H,22,24)/t14-/m1/s1. The van der Waals surface area contributed by atoms with E-state index in [9.17, 15) is 13.6 Å². The second-order valence-electron chi connectivity index (χ2n) is 5.65. The first-order valence-electron chi connectivity index (χ1n) is 7.51. The molecule has 0 bridgehead atoms. The lowest BCUT2D eigenvalue weighted by Crippen LogP contribution is -2.25. The average Bonchev–Trinajstić information content (AvgIpc) is 2.98. The van der Waals surface area contributed by atoms with E-state index < -0.39 is 5.92 Å². The lowest BCUT2D eigenvalue weighted by Gasteiger charge is -2.23. The van der Waals surface area contributed by atoms with E-state index in [4.69, 9.17) is 0 Å². The number of hydrogen-bond acceptors (Lipinski definition) is 2. The van der Waals surface area contributed by atoms with Crippen molar-refractivity contribution in [3.8, 4) is 5.69 Å². The summed E-state index contributed by atoms with van der Waals surface area (Å²) in [5.41, 5.74) is 1.54. The number of amides is 1. The molecule has 6 heteroatoms. The summed E-state index contributed by atoms with van der Waals surface area (Å²) in [6.07, 6.45) is 1.63. The Morgan fingerprint density at radius 1 is 1.12 bits per heavy atom. The number of hydrogen-bond donors (Lipinski definition) is 1. The van der Waals surface area contributed by atoms with E-state index in [0.717, 1.165) is 0 Å². The summed E-state index contributed by atoms with van der Waals surface area (Å²) in [5, 5.41) is 2.76. The van der Waals surface area contributed by atoms with Gasteiger partial charge in [-0.3, -0.25) is 9.36 Å². The van der Waals surface area contributed by atoms with Gasteiger partial charge in [0.2, 0.25) is 5.91 Å². The van der Waals surface area contributed by atoms with E-state index in [1.807, 2.05) is 0 Å². The third-order valence-electron chi connectivity index (χ3n) is 4.14. The smallest absolute Gasteiger partial charge is 0.226 e. The van der Waals surface area contributed by atoms with E-state index in [1.54, 1.807) is 34.9 Å². The Morgan fingerprint density at radius 3 is 2.75 bits per heavy atom. The van der Waals surface area contributed by atoms with Crippen LogP contribution >= 0.6 is 0 Å². The van der Waals surface area contributed by atoms with Gasteiger partial charge >= 0.3 is 0 Å². The van der Waals surface area contributed by atoms with Crippen molar-refractivity contribution >= 4 is 11.7 Å². The van der Waals surface area contributed by atoms with Crippen molar-refractivity contribution < 1.29 is 13.6 Å². The fraction of sp³-hybridized carbons (Fsp3) is 0.111. The summed E-state index contributed by atoms with van der Waals surface area (Å²) >= 11 is 0. The fourth-order valence-corrected chi connectivity index (χ4v) is 3.04. The number of anilines is 1. The number of carbonyl (C=O) groups excluding carboxylic acids is 1. The topological polar surface area (TPSA) is 46.9 Å². The summed E-state index contributed by atoms with van der Waals surface area (Å²) in [7, 11) is 0. The van der Waals surface area contributed by atoms with Crippen LogP contribution in [0.2, 0.25) is 0 Å². The molecule has 0 unspecified atom stereocenters. The van der Waals surface area contributed by atoms with Gasteiger partial charge in [-0.1, -0.05) is 24.3 Å². The number of nitrogens with zero attached hydrogens (tertiary/aromatic N) is 2. The zero-order valence-corrected chi connectivity index (χ0v) is 12.5. The van der Waals surface area contributed by atoms with Crippen molar-refractivity contribution in [2.45, 2.75) is 12.3 Å². The summed E-state index contributed by atoms with van der Waals surface area (Å²) in [6, 6.07) is 12.3. The first-order chi connectivity index (χ1) is 11.6. The van der Waals surface area contributed by atoms with E-state index in [2.05, 4.69) is 10.3 Å². The van der Waals surface area contributed by atoms with Crippen molar-refractivity contribution in [1.82, 2.24) is 9.55 Å². The number of imidazole rings is 1. The molecule has 1 aromatic heterocycles. The molecule has 0 radical (unpaired) electrons. The second-order valence-corrected chi connectivity index (χ2v) is 5.65. The average molecular weight is 325 g/mol. The molecular weight excluding hydrogens is 312 g/mol. The number of nitrogens with one attached hydrogen (secondary N) is 1. The Hall–Kier alpha value is -3.02. The minimum absolute atomic E-state index is 0.119. The maximum Gasteiger partial charge on any atom is 0.226 e. The van der Waals surface area contributed by atoms with Crippen molar-refractivity contribution in [3.63, 3.8) is 0 Å². The molecule has 0 aliphatic carbocycles. The zero-order chi connectivity index (χ0) is 16.7. The Labute approximate surface area is 136 Å². The van der Waals surface area contributed by atoms with Gasteiger partial charge in [-0.05, 0) is 29.8 Å². The molecule has 1 atom stereocenters. The molecule has 2 heterocycles. The monoisotopic (exact) mass is 325 g/mol. The molecule has 1 N–H and O–H groups in total. The lowest BCUT2D eigenvalue weighted by molar-refractivity contribution is -0.116. The Bertz CT molecular complexity index is 936. The number of rotatable bonds is 2. The van der Waals surface area contributed by atoms with Gasteiger partial charge in [0.25, 0.3) is 0 Å². The highest BCUT2D eigenvalue weighted by molar-refractivity contribution is 5.94. The predicted molar refractivity (Wildman–Crippen MR) is 85.0 cm³/mol. The number of fused-ring (bicyclic) bond motifs is 1. The van der Waals surface area contributed by atoms with Crippen LogP contribution in [0.5, 0.6) is 0 Å². The largest absolute Gasteiger partial charge is 0.310 e. The first kappa shape index (κ1) is 14.6. The molecule has 120 valence electrons. The van der Waals surface area contributed by atoms with Crippen LogP contribution in [0.15, 0.2) is 54.9 Å². The zero-order valence-electron chi connectivity index (χ0n) is 12.5. The highest BCUT2D eigenvalue weighted by Gasteiger charge is 2.32. The molecule has 4 nitrogen and oxygen atoms in total. The number of aromatic nitrogens is 2. The SMILES string of the molecule is O=C1C[C@H](c2ccccc2F)c2ncn(-c3cccc(F)c3)c2N1. The van der Waals surface area contributed by atoms with Crippen molar-refractivity contribution in [2.24, 2.45) is 0 Å².